The maximum absolute atomic E-state index is 9.75. The van der Waals surface area contributed by atoms with E-state index in [0.717, 1.165) is 0 Å². The molecule has 0 radical (unpaired) electrons. The van der Waals surface area contributed by atoms with E-state index in [2.05, 4.69) is 0 Å². The second kappa shape index (κ2) is 10.7. The van der Waals surface area contributed by atoms with Crippen LogP contribution in [0.15, 0.2) is 0 Å². The summed E-state index contributed by atoms with van der Waals surface area (Å²) < 4.78 is 78.0. The minimum atomic E-state index is -6.00. The van der Waals surface area contributed by atoms with Gasteiger partial charge in [0.15, 0.2) is 0 Å². The summed E-state index contributed by atoms with van der Waals surface area (Å²) in [5.41, 5.74) is 0. The molecular weight excluding hydrogens is 285 g/mol. The standard InChI is InChI=1S/C2H2O4.2BF4.Na.H/c3-1(4)2(5)6;2*2-1(3,4)5;;/h(H,3,4)(H,5,6);;;;/q;2*-1;;. The van der Waals surface area contributed by atoms with Crippen LogP contribution in [0.4, 0.5) is 34.5 Å². The van der Waals surface area contributed by atoms with Gasteiger partial charge in [-0.05, 0) is 0 Å². The van der Waals surface area contributed by atoms with E-state index >= 15 is 0 Å². The summed E-state index contributed by atoms with van der Waals surface area (Å²) in [6.45, 7) is 0. The van der Waals surface area contributed by atoms with Crippen LogP contribution in [-0.4, -0.2) is 66.2 Å². The fourth-order valence-electron chi connectivity index (χ4n) is 0. The summed E-state index contributed by atoms with van der Waals surface area (Å²) in [7, 11) is -12.0. The van der Waals surface area contributed by atoms with E-state index in [0.29, 0.717) is 0 Å². The average Bonchev–Trinajstić information content (AvgIpc) is 1.77. The molecule has 0 spiro atoms. The molecule has 0 aromatic rings. The van der Waals surface area contributed by atoms with Crippen molar-refractivity contribution in [3.8, 4) is 0 Å². The molecular formula is C2H3B2F8NaO4-2. The Hall–Kier alpha value is -0.490. The van der Waals surface area contributed by atoms with Crippen LogP contribution >= 0.6 is 0 Å². The van der Waals surface area contributed by atoms with Crippen LogP contribution in [-0.2, 0) is 9.59 Å². The van der Waals surface area contributed by atoms with Crippen LogP contribution in [0.3, 0.4) is 0 Å². The van der Waals surface area contributed by atoms with Gasteiger partial charge in [-0.25, -0.2) is 9.59 Å². The molecule has 4 nitrogen and oxygen atoms in total. The van der Waals surface area contributed by atoms with Gasteiger partial charge in [0.05, 0.1) is 0 Å². The van der Waals surface area contributed by atoms with Gasteiger partial charge in [-0.2, -0.15) is 0 Å². The number of halogens is 8. The van der Waals surface area contributed by atoms with Gasteiger partial charge in [0.25, 0.3) is 0 Å². The molecule has 0 rings (SSSR count). The van der Waals surface area contributed by atoms with Crippen LogP contribution in [0, 0.1) is 0 Å². The van der Waals surface area contributed by atoms with Crippen molar-refractivity contribution in [1.29, 1.82) is 0 Å². The second-order valence-corrected chi connectivity index (χ2v) is 1.60. The number of rotatable bonds is 0. The van der Waals surface area contributed by atoms with Crippen molar-refractivity contribution in [2.24, 2.45) is 0 Å². The Morgan fingerprint density at radius 3 is 0.706 bits per heavy atom. The van der Waals surface area contributed by atoms with Crippen LogP contribution in [0.25, 0.3) is 0 Å². The Balaban J connectivity index is -0.0000000729. The van der Waals surface area contributed by atoms with Gasteiger partial charge in [-0.1, -0.05) is 0 Å². The third-order valence-electron chi connectivity index (χ3n) is 0.183. The number of carbonyl (C=O) groups is 2. The van der Waals surface area contributed by atoms with Crippen molar-refractivity contribution in [2.75, 3.05) is 0 Å². The molecule has 2 N–H and O–H groups in total. The molecule has 0 heterocycles. The Morgan fingerprint density at radius 2 is 0.706 bits per heavy atom. The first-order valence-electron chi connectivity index (χ1n) is 2.85. The fourth-order valence-corrected chi connectivity index (χ4v) is 0. The van der Waals surface area contributed by atoms with E-state index in [4.69, 9.17) is 19.8 Å². The van der Waals surface area contributed by atoms with E-state index in [9.17, 15) is 34.5 Å². The normalized spacial score (nSPS) is 9.65. The first kappa shape index (κ1) is 25.4. The van der Waals surface area contributed by atoms with Crippen molar-refractivity contribution < 1.29 is 54.3 Å². The van der Waals surface area contributed by atoms with Gasteiger partial charge in [0, 0.05) is 0 Å². The topological polar surface area (TPSA) is 74.6 Å². The van der Waals surface area contributed by atoms with E-state index < -0.39 is 26.4 Å². The molecule has 17 heavy (non-hydrogen) atoms. The van der Waals surface area contributed by atoms with Gasteiger partial charge >= 0.3 is 56.0 Å². The first-order chi connectivity index (χ1) is 6.64. The van der Waals surface area contributed by atoms with Crippen molar-refractivity contribution in [2.45, 2.75) is 0 Å². The summed E-state index contributed by atoms with van der Waals surface area (Å²) >= 11 is 0. The predicted molar refractivity (Wildman–Crippen MR) is 42.8 cm³/mol. The molecule has 15 heteroatoms. The van der Waals surface area contributed by atoms with Crippen LogP contribution in [0.2, 0.25) is 0 Å². The number of carboxylic acids is 2. The third kappa shape index (κ3) is 230. The molecule has 0 saturated carbocycles. The molecule has 100 valence electrons. The molecule has 0 aliphatic carbocycles. The second-order valence-electron chi connectivity index (χ2n) is 1.60. The van der Waals surface area contributed by atoms with E-state index in [1.165, 1.54) is 0 Å². The molecule has 0 aromatic heterocycles. The van der Waals surface area contributed by atoms with E-state index in [1.807, 2.05) is 0 Å². The van der Waals surface area contributed by atoms with Crippen molar-refractivity contribution in [3.63, 3.8) is 0 Å². The molecule has 0 unspecified atom stereocenters. The summed E-state index contributed by atoms with van der Waals surface area (Å²) in [5.74, 6) is -3.65. The van der Waals surface area contributed by atoms with Crippen LogP contribution in [0.1, 0.15) is 0 Å². The van der Waals surface area contributed by atoms with Gasteiger partial charge in [0.2, 0.25) is 0 Å². The number of carboxylic acid groups (broad SMARTS) is 2. The predicted octanol–water partition coefficient (Wildman–Crippen LogP) is 1.11. The van der Waals surface area contributed by atoms with Gasteiger partial charge in [-0.3, -0.25) is 0 Å². The molecule has 0 aliphatic rings. The number of hydrogen-bond acceptors (Lipinski definition) is 2. The third-order valence-corrected chi connectivity index (χ3v) is 0.183. The molecule has 0 aromatic carbocycles. The number of hydrogen-bond donors (Lipinski definition) is 2. The minimum absolute atomic E-state index is 0. The van der Waals surface area contributed by atoms with Crippen molar-refractivity contribution >= 4 is 56.0 Å². The summed E-state index contributed by atoms with van der Waals surface area (Å²) in [6.07, 6.45) is 0. The van der Waals surface area contributed by atoms with Gasteiger partial charge < -0.3 is 44.7 Å². The Labute approximate surface area is 110 Å². The first-order valence-corrected chi connectivity index (χ1v) is 2.85. The van der Waals surface area contributed by atoms with Crippen molar-refractivity contribution in [3.05, 3.63) is 0 Å². The summed E-state index contributed by atoms with van der Waals surface area (Å²) in [4.78, 5) is 18.2. The Bertz CT molecular complexity index is 191. The molecule has 0 saturated heterocycles. The monoisotopic (exact) mass is 288 g/mol. The quantitative estimate of drug-likeness (QED) is 0.397. The van der Waals surface area contributed by atoms with Crippen LogP contribution in [0.5, 0.6) is 0 Å². The maximum atomic E-state index is 9.75. The fraction of sp³-hybridized carbons (Fsp3) is 0. The van der Waals surface area contributed by atoms with Crippen LogP contribution < -0.4 is 0 Å². The van der Waals surface area contributed by atoms with Gasteiger partial charge in [-0.15, -0.1) is 0 Å². The zero-order valence-electron chi connectivity index (χ0n) is 6.89. The Morgan fingerprint density at radius 1 is 0.647 bits per heavy atom. The van der Waals surface area contributed by atoms with E-state index in [1.54, 1.807) is 0 Å². The Kier molecular flexibility index (Phi) is 15.9. The summed E-state index contributed by atoms with van der Waals surface area (Å²) in [6, 6.07) is 0. The molecule has 0 aliphatic heterocycles. The molecule has 0 fully saturated rings. The average molecular weight is 288 g/mol. The van der Waals surface area contributed by atoms with Crippen molar-refractivity contribution in [1.82, 2.24) is 0 Å². The molecule has 0 atom stereocenters. The zero-order chi connectivity index (χ0) is 14.2. The molecule has 0 bridgehead atoms. The summed E-state index contributed by atoms with van der Waals surface area (Å²) in [5, 5.41) is 14.8. The molecule has 0 amide bonds. The number of aliphatic carboxylic acids is 2. The van der Waals surface area contributed by atoms with Gasteiger partial charge in [0.1, 0.15) is 0 Å². The van der Waals surface area contributed by atoms with E-state index in [-0.39, 0.29) is 29.6 Å². The SMILES string of the molecule is F[B-](F)(F)F.F[B-](F)(F)F.O=C(O)C(=O)O.[NaH]. The zero-order valence-corrected chi connectivity index (χ0v) is 6.89.